The number of nitrogens with zero attached hydrogens (tertiary/aromatic N) is 12. The summed E-state index contributed by atoms with van der Waals surface area (Å²) in [5.74, 6) is -0.306. The van der Waals surface area contributed by atoms with Crippen molar-refractivity contribution in [3.63, 3.8) is 0 Å². The third-order valence-electron chi connectivity index (χ3n) is 26.0. The van der Waals surface area contributed by atoms with Crippen LogP contribution < -0.4 is 30.7 Å². The summed E-state index contributed by atoms with van der Waals surface area (Å²) in [6.45, 7) is 40.4. The fraction of sp³-hybridized carbons (Fsp3) is 0.600. The summed E-state index contributed by atoms with van der Waals surface area (Å²) in [5.41, 5.74) is 11.2. The summed E-state index contributed by atoms with van der Waals surface area (Å²) in [6, 6.07) is 29.8. The van der Waals surface area contributed by atoms with Crippen molar-refractivity contribution in [2.24, 2.45) is 0 Å². The van der Waals surface area contributed by atoms with Gasteiger partial charge in [0.2, 0.25) is 17.7 Å². The quantitative estimate of drug-likeness (QED) is 0.0740. The number of rotatable bonds is 18. The van der Waals surface area contributed by atoms with Crippen LogP contribution in [0.2, 0.25) is 0 Å². The van der Waals surface area contributed by atoms with Gasteiger partial charge in [0.05, 0.1) is 92.4 Å². The summed E-state index contributed by atoms with van der Waals surface area (Å²) >= 11 is 0. The third kappa shape index (κ3) is 19.0. The van der Waals surface area contributed by atoms with Crippen LogP contribution in [0.3, 0.4) is 0 Å². The third-order valence-corrected chi connectivity index (χ3v) is 26.0. The number of aromatic nitrogens is 3. The van der Waals surface area contributed by atoms with Crippen LogP contribution in [-0.4, -0.2) is 272 Å². The van der Waals surface area contributed by atoms with Gasteiger partial charge in [0, 0.05) is 187 Å². The van der Waals surface area contributed by atoms with Gasteiger partial charge in [-0.25, -0.2) is 13.2 Å². The highest BCUT2D eigenvalue weighted by atomic mass is 19.1. The highest BCUT2D eigenvalue weighted by Gasteiger charge is 2.47. The molecule has 0 aliphatic carbocycles. The topological polar surface area (TPSA) is 183 Å². The number of morpholine rings is 3. The molecule has 8 fully saturated rings. The molecule has 14 heterocycles. The van der Waals surface area contributed by atoms with Gasteiger partial charge < -0.3 is 44.9 Å². The number of anilines is 3. The average molecular weight is 1570 g/mol. The van der Waals surface area contributed by atoms with Crippen molar-refractivity contribution in [2.75, 3.05) is 152 Å². The summed E-state index contributed by atoms with van der Waals surface area (Å²) < 4.78 is 57.7. The second-order valence-electron chi connectivity index (χ2n) is 37.0. The Morgan fingerprint density at radius 1 is 0.421 bits per heavy atom. The Morgan fingerprint density at radius 3 is 1.10 bits per heavy atom. The van der Waals surface area contributed by atoms with Gasteiger partial charge in [0.1, 0.15) is 17.5 Å². The molecule has 12 atom stereocenters. The van der Waals surface area contributed by atoms with Gasteiger partial charge in [-0.1, -0.05) is 77.9 Å². The van der Waals surface area contributed by atoms with E-state index in [-0.39, 0.29) is 57.5 Å². The minimum Gasteiger partial charge on any atom is -0.378 e. The molecular formula is C90H122F3N15O6. The number of benzene rings is 3. The fourth-order valence-electron chi connectivity index (χ4n) is 19.8. The zero-order chi connectivity index (χ0) is 79.9. The van der Waals surface area contributed by atoms with Crippen LogP contribution in [0.4, 0.5) is 30.2 Å². The summed E-state index contributed by atoms with van der Waals surface area (Å²) in [6.07, 6.45) is 13.2. The first-order valence-electron chi connectivity index (χ1n) is 42.2. The van der Waals surface area contributed by atoms with Crippen molar-refractivity contribution in [2.45, 2.75) is 210 Å². The van der Waals surface area contributed by atoms with Crippen LogP contribution in [0, 0.1) is 17.5 Å². The molecule has 8 saturated heterocycles. The number of hydrogen-bond donors (Lipinski definition) is 3. The van der Waals surface area contributed by atoms with E-state index < -0.39 is 0 Å². The van der Waals surface area contributed by atoms with E-state index in [0.29, 0.717) is 125 Å². The number of ether oxygens (including phenoxy) is 3. The number of carbonyl (C=O) groups excluding carboxylic acids is 3. The zero-order valence-corrected chi connectivity index (χ0v) is 69.1. The van der Waals surface area contributed by atoms with Crippen molar-refractivity contribution < 1.29 is 41.8 Å². The lowest BCUT2D eigenvalue weighted by atomic mass is 9.91. The molecule has 4 unspecified atom stereocenters. The van der Waals surface area contributed by atoms with Crippen LogP contribution >= 0.6 is 0 Å². The minimum atomic E-state index is -0.238. The molecule has 6 aromatic rings. The van der Waals surface area contributed by atoms with E-state index in [1.807, 2.05) is 45.4 Å². The molecule has 4 bridgehead atoms. The summed E-state index contributed by atoms with van der Waals surface area (Å²) in [4.78, 5) is 76.9. The standard InChI is InChI=1S/2C30H40FN5O2.C30H42FN5O2/c1-20-14-35(24(13-32-20)15-34-16-25-8-9-26(17-34)38-25)18-28(37)36-19-30(2,3)29-27(36)11-22(12-33-29)10-21-4-6-23(31)7-5-21;1-20-14-34(26(13-32-20)15-35-24-8-9-25(35)18-38-17-24)16-28(37)36-19-30(2,3)29-27(36)11-22(12-33-29)10-21-4-6-23(31)7-5-21;1-20-14-34(26(13-32-20)15-35-21(2)17-38-18-22(35)3)16-28(37)36-19-30(4,5)29-27(36)11-24(12-33-29)10-23-6-8-25(31)9-7-23/h2*4-7,11-12,20,24-26,32H,8-10,13-19H2,1-3H3;6-9,11-12,20-22,26,32H,10,13-19H2,1-5H3/t20-,24-,25?,26?;20-,24?,25?,26-;20-,21-,22+,26-/m111/s1. The molecule has 0 radical (unpaired) electrons. The Balaban J connectivity index is 0.000000135. The Labute approximate surface area is 673 Å². The van der Waals surface area contributed by atoms with E-state index in [0.717, 1.165) is 166 Å². The van der Waals surface area contributed by atoms with Gasteiger partial charge in [-0.3, -0.25) is 58.7 Å². The van der Waals surface area contributed by atoms with E-state index in [1.54, 1.807) is 24.3 Å². The Kier molecular flexibility index (Phi) is 25.0. The molecule has 3 aromatic heterocycles. The molecule has 0 spiro atoms. The smallest absolute Gasteiger partial charge is 0.241 e. The number of fused-ring (bicyclic) bond motifs is 7. The second-order valence-corrected chi connectivity index (χ2v) is 37.0. The van der Waals surface area contributed by atoms with Gasteiger partial charge in [-0.05, 0) is 168 Å². The normalized spacial score (nSPS) is 28.6. The molecule has 24 heteroatoms. The van der Waals surface area contributed by atoms with E-state index in [2.05, 4.69) is 140 Å². The van der Waals surface area contributed by atoms with Crippen molar-refractivity contribution in [3.8, 4) is 0 Å². The summed E-state index contributed by atoms with van der Waals surface area (Å²) in [7, 11) is 0. The monoisotopic (exact) mass is 1570 g/mol. The maximum atomic E-state index is 13.9. The lowest BCUT2D eigenvalue weighted by Gasteiger charge is -2.46. The number of hydrogen-bond acceptors (Lipinski definition) is 18. The minimum absolute atomic E-state index is 0.125. The number of halogens is 3. The summed E-state index contributed by atoms with van der Waals surface area (Å²) in [5, 5.41) is 10.9. The number of piperazine rings is 3. The number of likely N-dealkylation sites (tertiary alicyclic amines) is 1. The second kappa shape index (κ2) is 34.8. The van der Waals surface area contributed by atoms with Crippen molar-refractivity contribution >= 4 is 34.8 Å². The van der Waals surface area contributed by atoms with E-state index in [9.17, 15) is 27.6 Å². The zero-order valence-electron chi connectivity index (χ0n) is 69.1. The highest BCUT2D eigenvalue weighted by Crippen LogP contribution is 2.44. The SMILES string of the molecule is C[C@@H]1CN(CC(=O)N2CC(C)(C)c3ncc(Cc4ccc(F)cc4)cc32)[C@@H](CN2C3CCC2COC3)CN1.C[C@@H]1CN(CC(=O)N2CC(C)(C)c3ncc(Cc4ccc(F)cc4)cc32)[C@@H](CN2CC3CCC(C2)O3)CN1.C[C@@H]1CN(CC(=O)N2CC(C)(C)c3ncc(Cc4ccc(F)cc4)cc32)[C@@H](CN2[C@H](C)COC[C@@H]2C)CN1. The molecule has 3 N–H and O–H groups in total. The van der Waals surface area contributed by atoms with Gasteiger partial charge in [-0.2, -0.15) is 0 Å². The molecule has 3 aromatic carbocycles. The number of carbonyl (C=O) groups is 3. The van der Waals surface area contributed by atoms with E-state index >= 15 is 0 Å². The Bertz CT molecular complexity index is 4150. The molecule has 21 nitrogen and oxygen atoms in total. The van der Waals surface area contributed by atoms with Crippen LogP contribution in [-0.2, 0) is 64.1 Å². The largest absolute Gasteiger partial charge is 0.378 e. The fourth-order valence-corrected chi connectivity index (χ4v) is 19.8. The predicted octanol–water partition coefficient (Wildman–Crippen LogP) is 9.13. The van der Waals surface area contributed by atoms with Crippen LogP contribution in [0.1, 0.15) is 152 Å². The van der Waals surface area contributed by atoms with Crippen LogP contribution in [0.25, 0.3) is 0 Å². The Hall–Kier alpha value is -7.17. The Morgan fingerprint density at radius 2 is 0.746 bits per heavy atom. The first-order valence-corrected chi connectivity index (χ1v) is 42.2. The maximum absolute atomic E-state index is 13.9. The molecular weight excluding hydrogens is 1440 g/mol. The van der Waals surface area contributed by atoms with Gasteiger partial charge >= 0.3 is 0 Å². The number of amides is 3. The molecule has 114 heavy (non-hydrogen) atoms. The number of nitrogens with one attached hydrogen (secondary N) is 3. The lowest BCUT2D eigenvalue weighted by molar-refractivity contribution is -0.122. The van der Waals surface area contributed by atoms with Gasteiger partial charge in [-0.15, -0.1) is 0 Å². The van der Waals surface area contributed by atoms with Crippen LogP contribution in [0.5, 0.6) is 0 Å². The van der Waals surface area contributed by atoms with Gasteiger partial charge in [0.25, 0.3) is 0 Å². The first kappa shape index (κ1) is 82.0. The molecule has 0 saturated carbocycles. The molecule has 11 aliphatic heterocycles. The highest BCUT2D eigenvalue weighted by molar-refractivity contribution is 5.99. The van der Waals surface area contributed by atoms with Crippen molar-refractivity contribution in [1.82, 2.24) is 60.3 Å². The predicted molar refractivity (Wildman–Crippen MR) is 440 cm³/mol. The average Bonchev–Trinajstić information content (AvgIpc) is 1.61. The molecule has 614 valence electrons. The lowest BCUT2D eigenvalue weighted by Crippen LogP contribution is -2.63. The van der Waals surface area contributed by atoms with Crippen molar-refractivity contribution in [1.29, 1.82) is 0 Å². The van der Waals surface area contributed by atoms with E-state index in [1.165, 1.54) is 62.1 Å². The molecule has 11 aliphatic rings. The number of pyridine rings is 3. The van der Waals surface area contributed by atoms with Crippen LogP contribution in [0.15, 0.2) is 110 Å². The van der Waals surface area contributed by atoms with Crippen molar-refractivity contribution in [3.05, 3.63) is 178 Å². The molecule has 3 amide bonds. The van der Waals surface area contributed by atoms with Gasteiger partial charge in [0.15, 0.2) is 0 Å². The van der Waals surface area contributed by atoms with E-state index in [4.69, 9.17) is 29.2 Å². The maximum Gasteiger partial charge on any atom is 0.241 e. The molecule has 17 rings (SSSR count). The first-order chi connectivity index (χ1) is 54.6.